The van der Waals surface area contributed by atoms with Crippen LogP contribution in [0.3, 0.4) is 0 Å². The number of aromatic nitrogens is 2. The van der Waals surface area contributed by atoms with Gasteiger partial charge in [0.25, 0.3) is 0 Å². The quantitative estimate of drug-likeness (QED) is 0.816. The highest BCUT2D eigenvalue weighted by molar-refractivity contribution is 6.30. The first kappa shape index (κ1) is 16.5. The minimum Gasteiger partial charge on any atom is -0.369 e. The predicted octanol–water partition coefficient (Wildman–Crippen LogP) is 3.53. The third-order valence-electron chi connectivity index (χ3n) is 4.32. The molecule has 4 nitrogen and oxygen atoms in total. The number of likely N-dealkylation sites (tertiary alicyclic amines) is 1. The highest BCUT2D eigenvalue weighted by atomic mass is 35.5. The number of rotatable bonds is 6. The summed E-state index contributed by atoms with van der Waals surface area (Å²) in [6, 6.07) is 0. The van der Waals surface area contributed by atoms with Crippen molar-refractivity contribution in [2.45, 2.75) is 46.5 Å². The molecule has 118 valence electrons. The highest BCUT2D eigenvalue weighted by Gasteiger charge is 2.18. The average molecular weight is 311 g/mol. The van der Waals surface area contributed by atoms with E-state index in [2.05, 4.69) is 34.0 Å². The van der Waals surface area contributed by atoms with E-state index in [1.54, 1.807) is 0 Å². The predicted molar refractivity (Wildman–Crippen MR) is 89.1 cm³/mol. The summed E-state index contributed by atoms with van der Waals surface area (Å²) in [7, 11) is 0. The van der Waals surface area contributed by atoms with Crippen molar-refractivity contribution in [3.63, 3.8) is 0 Å². The number of aryl methyl sites for hydroxylation is 1. The van der Waals surface area contributed by atoms with Gasteiger partial charge in [-0.05, 0) is 51.7 Å². The van der Waals surface area contributed by atoms with Crippen LogP contribution in [0.5, 0.6) is 0 Å². The van der Waals surface area contributed by atoms with Gasteiger partial charge in [-0.15, -0.1) is 0 Å². The van der Waals surface area contributed by atoms with Crippen LogP contribution in [0.4, 0.5) is 5.82 Å². The van der Waals surface area contributed by atoms with Gasteiger partial charge in [0, 0.05) is 18.5 Å². The van der Waals surface area contributed by atoms with E-state index in [9.17, 15) is 0 Å². The summed E-state index contributed by atoms with van der Waals surface area (Å²) in [5.74, 6) is 2.49. The Morgan fingerprint density at radius 3 is 2.57 bits per heavy atom. The van der Waals surface area contributed by atoms with Gasteiger partial charge in [0.05, 0.1) is 0 Å². The van der Waals surface area contributed by atoms with Crippen LogP contribution in [-0.4, -0.2) is 41.0 Å². The Morgan fingerprint density at radius 2 is 1.95 bits per heavy atom. The molecular weight excluding hydrogens is 284 g/mol. The zero-order chi connectivity index (χ0) is 15.2. The molecule has 0 radical (unpaired) electrons. The molecule has 1 saturated heterocycles. The van der Waals surface area contributed by atoms with E-state index in [0.717, 1.165) is 42.5 Å². The standard InChI is InChI=1S/C16H27ClN4/c1-4-6-14-19-15(17)12(3)16(20-14)18-11-13-7-9-21(5-2)10-8-13/h13H,4-11H2,1-3H3,(H,18,19,20). The Morgan fingerprint density at radius 1 is 1.24 bits per heavy atom. The summed E-state index contributed by atoms with van der Waals surface area (Å²) in [5.41, 5.74) is 0.961. The first-order valence-corrected chi connectivity index (χ1v) is 8.51. The molecular formula is C16H27ClN4. The average Bonchev–Trinajstić information content (AvgIpc) is 2.50. The van der Waals surface area contributed by atoms with Crippen LogP contribution in [0.25, 0.3) is 0 Å². The zero-order valence-electron chi connectivity index (χ0n) is 13.5. The summed E-state index contributed by atoms with van der Waals surface area (Å²) >= 11 is 6.22. The Bertz CT molecular complexity index is 456. The molecule has 1 N–H and O–H groups in total. The topological polar surface area (TPSA) is 41.1 Å². The number of hydrogen-bond donors (Lipinski definition) is 1. The molecule has 1 aliphatic rings. The second-order valence-electron chi connectivity index (χ2n) is 5.91. The van der Waals surface area contributed by atoms with Crippen LogP contribution in [0.2, 0.25) is 5.15 Å². The summed E-state index contributed by atoms with van der Waals surface area (Å²) < 4.78 is 0. The first-order valence-electron chi connectivity index (χ1n) is 8.13. The molecule has 0 aliphatic carbocycles. The lowest BCUT2D eigenvalue weighted by Gasteiger charge is -2.31. The Hall–Kier alpha value is -0.870. The SMILES string of the molecule is CCCc1nc(Cl)c(C)c(NCC2CCN(CC)CC2)n1. The van der Waals surface area contributed by atoms with E-state index in [1.165, 1.54) is 32.5 Å². The van der Waals surface area contributed by atoms with Gasteiger partial charge < -0.3 is 10.2 Å². The second-order valence-corrected chi connectivity index (χ2v) is 6.27. The number of hydrogen-bond acceptors (Lipinski definition) is 4. The molecule has 1 fully saturated rings. The fourth-order valence-electron chi connectivity index (χ4n) is 2.79. The molecule has 2 rings (SSSR count). The van der Waals surface area contributed by atoms with Crippen molar-refractivity contribution in [3.8, 4) is 0 Å². The molecule has 1 aromatic rings. The van der Waals surface area contributed by atoms with Gasteiger partial charge in [0.15, 0.2) is 0 Å². The van der Waals surface area contributed by atoms with Crippen molar-refractivity contribution >= 4 is 17.4 Å². The number of halogens is 1. The van der Waals surface area contributed by atoms with Crippen molar-refractivity contribution in [3.05, 3.63) is 16.5 Å². The molecule has 0 spiro atoms. The van der Waals surface area contributed by atoms with Gasteiger partial charge in [-0.2, -0.15) is 0 Å². The molecule has 0 unspecified atom stereocenters. The summed E-state index contributed by atoms with van der Waals surface area (Å²) in [6.45, 7) is 10.9. The van der Waals surface area contributed by atoms with Gasteiger partial charge >= 0.3 is 0 Å². The Balaban J connectivity index is 1.93. The minimum atomic E-state index is 0.580. The maximum absolute atomic E-state index is 6.22. The first-order chi connectivity index (χ1) is 10.1. The van der Waals surface area contributed by atoms with E-state index < -0.39 is 0 Å². The monoisotopic (exact) mass is 310 g/mol. The molecule has 0 saturated carbocycles. The lowest BCUT2D eigenvalue weighted by molar-refractivity contribution is 0.198. The zero-order valence-corrected chi connectivity index (χ0v) is 14.2. The molecule has 0 atom stereocenters. The molecule has 1 aliphatic heterocycles. The highest BCUT2D eigenvalue weighted by Crippen LogP contribution is 2.22. The van der Waals surface area contributed by atoms with Gasteiger partial charge in [-0.3, -0.25) is 0 Å². The Labute approximate surface area is 133 Å². The third-order valence-corrected chi connectivity index (χ3v) is 4.69. The lowest BCUT2D eigenvalue weighted by atomic mass is 9.97. The van der Waals surface area contributed by atoms with Crippen LogP contribution >= 0.6 is 11.6 Å². The molecule has 21 heavy (non-hydrogen) atoms. The van der Waals surface area contributed by atoms with Crippen molar-refractivity contribution in [1.82, 2.24) is 14.9 Å². The maximum atomic E-state index is 6.22. The Kier molecular flexibility index (Phi) is 6.24. The molecule has 1 aromatic heterocycles. The van der Waals surface area contributed by atoms with Crippen LogP contribution < -0.4 is 5.32 Å². The van der Waals surface area contributed by atoms with Gasteiger partial charge in [-0.25, -0.2) is 9.97 Å². The van der Waals surface area contributed by atoms with Crippen LogP contribution in [-0.2, 0) is 6.42 Å². The molecule has 5 heteroatoms. The maximum Gasteiger partial charge on any atom is 0.137 e. The van der Waals surface area contributed by atoms with Crippen molar-refractivity contribution in [2.75, 3.05) is 31.5 Å². The summed E-state index contributed by atoms with van der Waals surface area (Å²) in [4.78, 5) is 11.5. The number of piperidine rings is 1. The fraction of sp³-hybridized carbons (Fsp3) is 0.750. The van der Waals surface area contributed by atoms with E-state index in [1.807, 2.05) is 6.92 Å². The number of nitrogens with one attached hydrogen (secondary N) is 1. The number of anilines is 1. The summed E-state index contributed by atoms with van der Waals surface area (Å²) in [6.07, 6.45) is 4.44. The second kappa shape index (κ2) is 7.95. The van der Waals surface area contributed by atoms with Crippen LogP contribution in [0, 0.1) is 12.8 Å². The van der Waals surface area contributed by atoms with Gasteiger partial charge in [0.2, 0.25) is 0 Å². The third kappa shape index (κ3) is 4.55. The van der Waals surface area contributed by atoms with E-state index in [-0.39, 0.29) is 0 Å². The van der Waals surface area contributed by atoms with E-state index >= 15 is 0 Å². The van der Waals surface area contributed by atoms with Gasteiger partial charge in [-0.1, -0.05) is 25.4 Å². The van der Waals surface area contributed by atoms with E-state index in [0.29, 0.717) is 5.15 Å². The van der Waals surface area contributed by atoms with Crippen molar-refractivity contribution in [2.24, 2.45) is 5.92 Å². The molecule has 2 heterocycles. The molecule has 0 amide bonds. The normalized spacial score (nSPS) is 17.1. The summed E-state index contributed by atoms with van der Waals surface area (Å²) in [5, 5.41) is 4.08. The van der Waals surface area contributed by atoms with Crippen LogP contribution in [0.15, 0.2) is 0 Å². The van der Waals surface area contributed by atoms with Crippen molar-refractivity contribution < 1.29 is 0 Å². The fourth-order valence-corrected chi connectivity index (χ4v) is 2.98. The number of nitrogens with zero attached hydrogens (tertiary/aromatic N) is 3. The smallest absolute Gasteiger partial charge is 0.137 e. The molecule has 0 bridgehead atoms. The van der Waals surface area contributed by atoms with Crippen molar-refractivity contribution in [1.29, 1.82) is 0 Å². The molecule has 0 aromatic carbocycles. The van der Waals surface area contributed by atoms with Gasteiger partial charge in [0.1, 0.15) is 16.8 Å². The van der Waals surface area contributed by atoms with E-state index in [4.69, 9.17) is 11.6 Å². The van der Waals surface area contributed by atoms with Crippen LogP contribution in [0.1, 0.15) is 44.5 Å². The largest absolute Gasteiger partial charge is 0.369 e. The lowest BCUT2D eigenvalue weighted by Crippen LogP contribution is -2.35. The minimum absolute atomic E-state index is 0.580.